The van der Waals surface area contributed by atoms with Crippen LogP contribution in [0.15, 0.2) is 30.4 Å². The number of benzene rings is 1. The zero-order valence-electron chi connectivity index (χ0n) is 14.1. The number of allylic oxidation sites excluding steroid dienone is 2. The molecule has 1 aromatic carbocycles. The van der Waals surface area contributed by atoms with Gasteiger partial charge in [0.15, 0.2) is 6.61 Å². The number of nitrogens with one attached hydrogen (secondary N) is 1. The molecule has 0 aromatic heterocycles. The molecule has 1 fully saturated rings. The number of imide groups is 1. The number of anilines is 1. The Hall–Kier alpha value is -2.38. The molecule has 0 unspecified atom stereocenters. The van der Waals surface area contributed by atoms with Gasteiger partial charge in [-0.2, -0.15) is 0 Å². The molecule has 1 heterocycles. The molecule has 1 aliphatic heterocycles. The van der Waals surface area contributed by atoms with Crippen molar-refractivity contribution >= 4 is 52.6 Å². The van der Waals surface area contributed by atoms with E-state index in [4.69, 9.17) is 27.9 Å². The molecule has 1 saturated heterocycles. The van der Waals surface area contributed by atoms with Crippen molar-refractivity contribution in [3.63, 3.8) is 0 Å². The summed E-state index contributed by atoms with van der Waals surface area (Å²) in [6.45, 7) is -1.05. The van der Waals surface area contributed by atoms with Crippen LogP contribution in [-0.4, -0.2) is 41.7 Å². The van der Waals surface area contributed by atoms with Crippen LogP contribution in [0.4, 0.5) is 5.69 Å². The summed E-state index contributed by atoms with van der Waals surface area (Å²) in [7, 11) is 0. The van der Waals surface area contributed by atoms with Crippen molar-refractivity contribution in [3.8, 4) is 0 Å². The maximum atomic E-state index is 12.3. The van der Waals surface area contributed by atoms with Crippen LogP contribution in [-0.2, 0) is 23.9 Å². The Kier molecular flexibility index (Phi) is 5.82. The van der Waals surface area contributed by atoms with Gasteiger partial charge in [0.25, 0.3) is 5.91 Å². The molecule has 0 bridgehead atoms. The van der Waals surface area contributed by atoms with Crippen LogP contribution in [0, 0.1) is 11.8 Å². The molecule has 7 nitrogen and oxygen atoms in total. The normalized spacial score (nSPS) is 21.2. The van der Waals surface area contributed by atoms with Crippen LogP contribution < -0.4 is 5.32 Å². The number of fused-ring (bicyclic) bond motifs is 1. The Morgan fingerprint density at radius 1 is 1.07 bits per heavy atom. The predicted octanol–water partition coefficient (Wildman–Crippen LogP) is 2.43. The monoisotopic (exact) mass is 410 g/mol. The second-order valence-electron chi connectivity index (χ2n) is 6.26. The average molecular weight is 411 g/mol. The van der Waals surface area contributed by atoms with E-state index in [1.807, 2.05) is 12.2 Å². The molecule has 3 rings (SSSR count). The fraction of sp³-hybridized carbons (Fsp3) is 0.333. The predicted molar refractivity (Wildman–Crippen MR) is 98.1 cm³/mol. The van der Waals surface area contributed by atoms with Gasteiger partial charge in [0, 0.05) is 5.69 Å². The lowest BCUT2D eigenvalue weighted by atomic mass is 9.85. The third kappa shape index (κ3) is 4.31. The lowest BCUT2D eigenvalue weighted by Crippen LogP contribution is -2.37. The largest absolute Gasteiger partial charge is 0.454 e. The van der Waals surface area contributed by atoms with Crippen LogP contribution in [0.3, 0.4) is 0 Å². The molecule has 1 N–H and O–H groups in total. The van der Waals surface area contributed by atoms with E-state index in [1.54, 1.807) is 6.07 Å². The van der Waals surface area contributed by atoms with Crippen LogP contribution in [0.1, 0.15) is 12.8 Å². The summed E-state index contributed by atoms with van der Waals surface area (Å²) in [5.74, 6) is -2.97. The Morgan fingerprint density at radius 3 is 2.30 bits per heavy atom. The first-order valence-corrected chi connectivity index (χ1v) is 9.03. The molecule has 2 aliphatic rings. The number of esters is 1. The minimum atomic E-state index is -0.826. The number of amides is 3. The first kappa shape index (κ1) is 19.4. The fourth-order valence-corrected chi connectivity index (χ4v) is 3.41. The molecule has 2 atom stereocenters. The number of carbonyl (C=O) groups excluding carboxylic acids is 4. The Labute approximate surface area is 165 Å². The van der Waals surface area contributed by atoms with E-state index < -0.39 is 36.9 Å². The van der Waals surface area contributed by atoms with E-state index in [0.717, 1.165) is 4.90 Å². The summed E-state index contributed by atoms with van der Waals surface area (Å²) in [6, 6.07) is 4.52. The van der Waals surface area contributed by atoms with Crippen molar-refractivity contribution in [1.82, 2.24) is 4.90 Å². The molecule has 0 saturated carbocycles. The zero-order chi connectivity index (χ0) is 19.6. The Bertz CT molecular complexity index is 813. The van der Waals surface area contributed by atoms with Gasteiger partial charge in [0.2, 0.25) is 11.8 Å². The fourth-order valence-electron chi connectivity index (χ4n) is 3.12. The van der Waals surface area contributed by atoms with Gasteiger partial charge in [-0.1, -0.05) is 35.4 Å². The number of nitrogens with zero attached hydrogens (tertiary/aromatic N) is 1. The Morgan fingerprint density at radius 2 is 1.70 bits per heavy atom. The summed E-state index contributed by atoms with van der Waals surface area (Å²) >= 11 is 11.6. The summed E-state index contributed by atoms with van der Waals surface area (Å²) in [6.07, 6.45) is 4.71. The van der Waals surface area contributed by atoms with E-state index >= 15 is 0 Å². The maximum absolute atomic E-state index is 12.3. The van der Waals surface area contributed by atoms with Crippen LogP contribution >= 0.6 is 23.2 Å². The number of halogens is 2. The molecule has 0 spiro atoms. The molecule has 1 aliphatic carbocycles. The quantitative estimate of drug-likeness (QED) is 0.457. The van der Waals surface area contributed by atoms with Gasteiger partial charge in [-0.3, -0.25) is 24.1 Å². The van der Waals surface area contributed by atoms with E-state index in [2.05, 4.69) is 5.32 Å². The smallest absolute Gasteiger partial charge is 0.326 e. The number of likely N-dealkylation sites (tertiary alicyclic amines) is 1. The highest BCUT2D eigenvalue weighted by molar-refractivity contribution is 6.42. The lowest BCUT2D eigenvalue weighted by Gasteiger charge is -2.14. The highest BCUT2D eigenvalue weighted by Crippen LogP contribution is 2.34. The van der Waals surface area contributed by atoms with Crippen molar-refractivity contribution < 1.29 is 23.9 Å². The van der Waals surface area contributed by atoms with Crippen molar-refractivity contribution in [3.05, 3.63) is 40.4 Å². The summed E-state index contributed by atoms with van der Waals surface area (Å²) in [5.41, 5.74) is 0.395. The first-order chi connectivity index (χ1) is 12.9. The van der Waals surface area contributed by atoms with Gasteiger partial charge in [-0.05, 0) is 31.0 Å². The SMILES string of the molecule is O=C(COC(=O)CN1C(=O)[C@@H]2CC=CC[C@H]2C1=O)Nc1ccc(Cl)c(Cl)c1. The van der Waals surface area contributed by atoms with E-state index in [0.29, 0.717) is 23.6 Å². The van der Waals surface area contributed by atoms with Gasteiger partial charge < -0.3 is 10.1 Å². The molecule has 3 amide bonds. The first-order valence-electron chi connectivity index (χ1n) is 8.27. The summed E-state index contributed by atoms with van der Waals surface area (Å²) in [5, 5.41) is 3.12. The minimum Gasteiger partial charge on any atom is -0.454 e. The number of ether oxygens (including phenoxy) is 1. The Balaban J connectivity index is 1.49. The molecular weight excluding hydrogens is 395 g/mol. The molecule has 142 valence electrons. The third-order valence-corrected chi connectivity index (χ3v) is 5.19. The minimum absolute atomic E-state index is 0.272. The molecular formula is C18H16Cl2N2O5. The second kappa shape index (κ2) is 8.10. The molecule has 27 heavy (non-hydrogen) atoms. The van der Waals surface area contributed by atoms with E-state index in [9.17, 15) is 19.2 Å². The second-order valence-corrected chi connectivity index (χ2v) is 7.07. The van der Waals surface area contributed by atoms with Gasteiger partial charge in [0.05, 0.1) is 21.9 Å². The van der Waals surface area contributed by atoms with Gasteiger partial charge in [0.1, 0.15) is 6.54 Å². The number of hydrogen-bond donors (Lipinski definition) is 1. The van der Waals surface area contributed by atoms with Gasteiger partial charge >= 0.3 is 5.97 Å². The van der Waals surface area contributed by atoms with Crippen LogP contribution in [0.2, 0.25) is 10.0 Å². The van der Waals surface area contributed by atoms with Gasteiger partial charge in [-0.15, -0.1) is 0 Å². The molecule has 9 heteroatoms. The topological polar surface area (TPSA) is 92.8 Å². The van der Waals surface area contributed by atoms with Gasteiger partial charge in [-0.25, -0.2) is 0 Å². The number of hydrogen-bond acceptors (Lipinski definition) is 5. The standard InChI is InChI=1S/C18H16Cl2N2O5/c19-13-6-5-10(7-14(13)20)21-15(23)9-27-16(24)8-22-17(25)11-3-1-2-4-12(11)18(22)26/h1-2,5-7,11-12H,3-4,8-9H2,(H,21,23)/t11-,12-/m1/s1. The van der Waals surface area contributed by atoms with Crippen LogP contribution in [0.25, 0.3) is 0 Å². The van der Waals surface area contributed by atoms with E-state index in [1.165, 1.54) is 12.1 Å². The molecule has 1 aromatic rings. The number of rotatable bonds is 5. The van der Waals surface area contributed by atoms with Crippen molar-refractivity contribution in [2.45, 2.75) is 12.8 Å². The van der Waals surface area contributed by atoms with Crippen LogP contribution in [0.5, 0.6) is 0 Å². The van der Waals surface area contributed by atoms with Crippen molar-refractivity contribution in [2.24, 2.45) is 11.8 Å². The molecule has 0 radical (unpaired) electrons. The van der Waals surface area contributed by atoms with Crippen molar-refractivity contribution in [1.29, 1.82) is 0 Å². The number of carbonyl (C=O) groups is 4. The van der Waals surface area contributed by atoms with Crippen molar-refractivity contribution in [2.75, 3.05) is 18.5 Å². The highest BCUT2D eigenvalue weighted by atomic mass is 35.5. The summed E-state index contributed by atoms with van der Waals surface area (Å²) < 4.78 is 4.87. The highest BCUT2D eigenvalue weighted by Gasteiger charge is 2.47. The third-order valence-electron chi connectivity index (χ3n) is 4.45. The lowest BCUT2D eigenvalue weighted by molar-refractivity contribution is -0.154. The maximum Gasteiger partial charge on any atom is 0.326 e. The summed E-state index contributed by atoms with van der Waals surface area (Å²) in [4.78, 5) is 49.3. The zero-order valence-corrected chi connectivity index (χ0v) is 15.6. The average Bonchev–Trinajstić information content (AvgIpc) is 2.88. The van der Waals surface area contributed by atoms with E-state index in [-0.39, 0.29) is 16.8 Å².